The van der Waals surface area contributed by atoms with Crippen LogP contribution in [0.1, 0.15) is 0 Å². The molecule has 0 radical (unpaired) electrons. The second kappa shape index (κ2) is 9.81. The summed E-state index contributed by atoms with van der Waals surface area (Å²) in [5.41, 5.74) is 0. The number of fused-ring (bicyclic) bond motifs is 2. The van der Waals surface area contributed by atoms with Gasteiger partial charge in [0.05, 0.1) is 0 Å². The van der Waals surface area contributed by atoms with Crippen LogP contribution in [0.25, 0.3) is 0 Å². The Morgan fingerprint density at radius 2 is 0.488 bits per heavy atom. The summed E-state index contributed by atoms with van der Waals surface area (Å²) < 4.78 is 0. The molecule has 3 heteroatoms. The van der Waals surface area contributed by atoms with Crippen LogP contribution in [-0.4, -0.2) is 24.6 Å². The van der Waals surface area contributed by atoms with Crippen molar-refractivity contribution in [3.63, 3.8) is 0 Å². The zero-order valence-corrected chi connectivity index (χ0v) is 27.2. The standard InChI is InChI=1S/C40H38P3/c1-7-19-35(20-8-1)41(36-21-9-2-10-22-36)42(37-23-11-3-12-24-37,38-25-13-4-14-26-38)31-33-43(41,34-32-42,39-27-15-5-16-28-39)40-29-17-6-18-30-40/h1-30H,31-34H2/q+1. The molecular formula is C40H38P3+. The van der Waals surface area contributed by atoms with Crippen molar-refractivity contribution in [1.29, 1.82) is 0 Å². The van der Waals surface area contributed by atoms with E-state index in [-0.39, 0.29) is 0 Å². The van der Waals surface area contributed by atoms with Crippen LogP contribution < -0.4 is 31.8 Å². The van der Waals surface area contributed by atoms with Gasteiger partial charge >= 0.3 is 258 Å². The van der Waals surface area contributed by atoms with Crippen molar-refractivity contribution < 1.29 is 0 Å². The third kappa shape index (κ3) is 3.03. The van der Waals surface area contributed by atoms with Crippen LogP contribution in [0.5, 0.6) is 0 Å². The fourth-order valence-electron chi connectivity index (χ4n) is 9.84. The van der Waals surface area contributed by atoms with Crippen molar-refractivity contribution in [3.8, 4) is 0 Å². The third-order valence-electron chi connectivity index (χ3n) is 11.2. The average Bonchev–Trinajstić information content (AvgIpc) is 3.53. The van der Waals surface area contributed by atoms with E-state index < -0.39 is 19.2 Å². The van der Waals surface area contributed by atoms with E-state index >= 15 is 0 Å². The number of benzene rings is 6. The van der Waals surface area contributed by atoms with Crippen molar-refractivity contribution in [1.82, 2.24) is 0 Å². The van der Waals surface area contributed by atoms with Gasteiger partial charge in [-0.2, -0.15) is 0 Å². The summed E-state index contributed by atoms with van der Waals surface area (Å²) in [5.74, 6) is 0. The fourth-order valence-corrected chi connectivity index (χ4v) is 70.6. The van der Waals surface area contributed by atoms with Gasteiger partial charge in [0.15, 0.2) is 0 Å². The monoisotopic (exact) mass is 611 g/mol. The second-order valence-electron chi connectivity index (χ2n) is 12.4. The van der Waals surface area contributed by atoms with E-state index in [9.17, 15) is 0 Å². The van der Waals surface area contributed by atoms with Crippen LogP contribution in [0.4, 0.5) is 0 Å². The molecule has 212 valence electrons. The van der Waals surface area contributed by atoms with Crippen LogP contribution in [0.2, 0.25) is 0 Å². The molecule has 0 spiro atoms. The predicted octanol–water partition coefficient (Wildman–Crippen LogP) is 7.92. The van der Waals surface area contributed by atoms with Gasteiger partial charge in [-0.05, 0) is 0 Å². The molecule has 0 saturated carbocycles. The number of hydrogen-bond acceptors (Lipinski definition) is 0. The Hall–Kier alpha value is -3.39. The molecule has 2 bridgehead atoms. The molecule has 43 heavy (non-hydrogen) atoms. The molecule has 0 unspecified atom stereocenters. The molecule has 0 aromatic heterocycles. The molecule has 0 atom stereocenters. The summed E-state index contributed by atoms with van der Waals surface area (Å²) >= 11 is 0. The summed E-state index contributed by atoms with van der Waals surface area (Å²) in [6, 6.07) is 71.6. The van der Waals surface area contributed by atoms with Gasteiger partial charge in [-0.25, -0.2) is 0 Å². The average molecular weight is 612 g/mol. The van der Waals surface area contributed by atoms with Crippen molar-refractivity contribution >= 4 is 51.1 Å². The molecule has 0 N–H and O–H groups in total. The fraction of sp³-hybridized carbons (Fsp3) is 0.100. The van der Waals surface area contributed by atoms with E-state index in [1.165, 1.54) is 24.6 Å². The molecule has 2 aliphatic heterocycles. The first-order chi connectivity index (χ1) is 21.2. The van der Waals surface area contributed by atoms with Gasteiger partial charge in [0.25, 0.3) is 0 Å². The maximum atomic E-state index is 2.54. The minimum atomic E-state index is -2.98. The molecular weight excluding hydrogens is 573 g/mol. The molecule has 2 heterocycles. The summed E-state index contributed by atoms with van der Waals surface area (Å²) in [6.45, 7) is -2.27. The van der Waals surface area contributed by atoms with Crippen molar-refractivity contribution in [2.24, 2.45) is 0 Å². The molecule has 6 aromatic rings. The summed E-state index contributed by atoms with van der Waals surface area (Å²) in [5, 5.41) is 9.69. The molecule has 2 saturated heterocycles. The minimum absolute atomic E-state index is 1.26. The van der Waals surface area contributed by atoms with E-state index in [4.69, 9.17) is 0 Å². The summed E-state index contributed by atoms with van der Waals surface area (Å²) in [7, 11) is 0. The van der Waals surface area contributed by atoms with Gasteiger partial charge in [0.1, 0.15) is 0 Å². The van der Waals surface area contributed by atoms with Gasteiger partial charge in [0.2, 0.25) is 0 Å². The second-order valence-corrected chi connectivity index (χ2v) is 34.6. The summed E-state index contributed by atoms with van der Waals surface area (Å²) in [6.07, 6.45) is -0.916. The first-order valence-corrected chi connectivity index (χ1v) is 23.9. The van der Waals surface area contributed by atoms with Gasteiger partial charge < -0.3 is 0 Å². The molecule has 2 aliphatic rings. The maximum absolute atomic E-state index is 2.98. The number of hydrogen-bond donors (Lipinski definition) is 0. The third-order valence-corrected chi connectivity index (χ3v) is 51.7. The van der Waals surface area contributed by atoms with E-state index in [1.807, 2.05) is 0 Å². The predicted molar refractivity (Wildman–Crippen MR) is 197 cm³/mol. The Balaban J connectivity index is 1.73. The van der Waals surface area contributed by atoms with Gasteiger partial charge in [0, 0.05) is 0 Å². The van der Waals surface area contributed by atoms with Gasteiger partial charge in [-0.1, -0.05) is 0 Å². The van der Waals surface area contributed by atoms with Crippen LogP contribution in [0.3, 0.4) is 0 Å². The zero-order valence-electron chi connectivity index (χ0n) is 24.5. The van der Waals surface area contributed by atoms with Crippen molar-refractivity contribution in [2.45, 2.75) is 0 Å². The quantitative estimate of drug-likeness (QED) is 0.168. The Bertz CT molecular complexity index is 1640. The Morgan fingerprint density at radius 3 is 0.721 bits per heavy atom. The Morgan fingerprint density at radius 1 is 0.279 bits per heavy atom. The normalized spacial score (nSPS) is 21.9. The van der Waals surface area contributed by atoms with E-state index in [0.717, 1.165) is 0 Å². The summed E-state index contributed by atoms with van der Waals surface area (Å²) in [4.78, 5) is 0. The topological polar surface area (TPSA) is 0 Å². The first-order valence-electron chi connectivity index (χ1n) is 15.5. The first kappa shape index (κ1) is 27.2. The Kier molecular flexibility index (Phi) is 6.20. The van der Waals surface area contributed by atoms with Crippen LogP contribution in [0.15, 0.2) is 182 Å². The van der Waals surface area contributed by atoms with E-state index in [0.29, 0.717) is 0 Å². The SMILES string of the molecule is c1ccc([P+]2(c3ccccc3)P3(c4ccccc4)(c4ccccc4)CCP2(c2ccccc2)(c2ccccc2)CC3)cc1. The molecule has 2 fully saturated rings. The molecule has 0 amide bonds. The molecule has 0 nitrogen and oxygen atoms in total. The van der Waals surface area contributed by atoms with E-state index in [1.54, 1.807) is 31.8 Å². The van der Waals surface area contributed by atoms with Crippen LogP contribution >= 0.6 is 19.2 Å². The van der Waals surface area contributed by atoms with Crippen molar-refractivity contribution in [3.05, 3.63) is 182 Å². The van der Waals surface area contributed by atoms with E-state index in [2.05, 4.69) is 182 Å². The number of rotatable bonds is 6. The molecule has 8 rings (SSSR count). The van der Waals surface area contributed by atoms with Gasteiger partial charge in [-0.15, -0.1) is 0 Å². The molecule has 6 aromatic carbocycles. The van der Waals surface area contributed by atoms with Crippen molar-refractivity contribution in [2.75, 3.05) is 24.6 Å². The van der Waals surface area contributed by atoms with Gasteiger partial charge in [-0.3, -0.25) is 0 Å². The Labute approximate surface area is 256 Å². The zero-order chi connectivity index (χ0) is 28.9. The van der Waals surface area contributed by atoms with Crippen LogP contribution in [-0.2, 0) is 0 Å². The molecule has 0 aliphatic carbocycles. The van der Waals surface area contributed by atoms with Crippen LogP contribution in [0, 0.1) is 0 Å².